The third-order valence-corrected chi connectivity index (χ3v) is 4.09. The smallest absolute Gasteiger partial charge is 0.134 e. The zero-order valence-electron chi connectivity index (χ0n) is 11.3. The van der Waals surface area contributed by atoms with Crippen LogP contribution in [-0.2, 0) is 0 Å². The van der Waals surface area contributed by atoms with E-state index in [-0.39, 0.29) is 0 Å². The van der Waals surface area contributed by atoms with E-state index in [2.05, 4.69) is 32.8 Å². The molecule has 1 saturated heterocycles. The topological polar surface area (TPSA) is 41.0 Å². The number of hydrogen-bond acceptors (Lipinski definition) is 5. The summed E-state index contributed by atoms with van der Waals surface area (Å²) in [6.07, 6.45) is 7.47. The summed E-state index contributed by atoms with van der Waals surface area (Å²) in [5.41, 5.74) is 0. The first-order chi connectivity index (χ1) is 9.40. The summed E-state index contributed by atoms with van der Waals surface area (Å²) >= 11 is 1.87. The van der Waals surface area contributed by atoms with Gasteiger partial charge in [0.1, 0.15) is 18.0 Å². The molecule has 1 aliphatic heterocycles. The first kappa shape index (κ1) is 14.2. The highest BCUT2D eigenvalue weighted by molar-refractivity contribution is 7.99. The van der Waals surface area contributed by atoms with Gasteiger partial charge in [0.05, 0.1) is 0 Å². The van der Waals surface area contributed by atoms with Crippen LogP contribution in [0.25, 0.3) is 0 Å². The van der Waals surface area contributed by atoms with Crippen molar-refractivity contribution in [3.05, 3.63) is 25.0 Å². The molecule has 1 aliphatic rings. The van der Waals surface area contributed by atoms with Crippen LogP contribution < -0.4 is 10.2 Å². The van der Waals surface area contributed by atoms with Crippen molar-refractivity contribution >= 4 is 23.4 Å². The number of nitrogens with one attached hydrogen (secondary N) is 1. The van der Waals surface area contributed by atoms with Crippen molar-refractivity contribution in [2.24, 2.45) is 0 Å². The quantitative estimate of drug-likeness (QED) is 0.613. The second kappa shape index (κ2) is 8.04. The Hall–Kier alpha value is -1.23. The van der Waals surface area contributed by atoms with Crippen molar-refractivity contribution in [1.29, 1.82) is 0 Å². The largest absolute Gasteiger partial charge is 0.369 e. The average molecular weight is 278 g/mol. The molecule has 19 heavy (non-hydrogen) atoms. The van der Waals surface area contributed by atoms with Crippen molar-refractivity contribution < 1.29 is 0 Å². The van der Waals surface area contributed by atoms with Gasteiger partial charge in [-0.25, -0.2) is 9.97 Å². The molecule has 0 atom stereocenters. The maximum atomic E-state index is 4.38. The minimum atomic E-state index is 0.926. The first-order valence-electron chi connectivity index (χ1n) is 6.89. The fourth-order valence-corrected chi connectivity index (χ4v) is 2.74. The van der Waals surface area contributed by atoms with E-state index < -0.39 is 0 Å². The fraction of sp³-hybridized carbons (Fsp3) is 0.571. The number of thioether (sulfide) groups is 1. The number of anilines is 2. The van der Waals surface area contributed by atoms with Crippen LogP contribution in [0.2, 0.25) is 0 Å². The second-order valence-electron chi connectivity index (χ2n) is 4.60. The summed E-state index contributed by atoms with van der Waals surface area (Å²) in [4.78, 5) is 11.0. The van der Waals surface area contributed by atoms with Crippen LogP contribution in [-0.4, -0.2) is 41.1 Å². The van der Waals surface area contributed by atoms with Crippen LogP contribution in [0.5, 0.6) is 0 Å². The molecule has 1 N–H and O–H groups in total. The molecule has 0 spiro atoms. The Balaban J connectivity index is 1.82. The van der Waals surface area contributed by atoms with Crippen molar-refractivity contribution in [3.63, 3.8) is 0 Å². The van der Waals surface area contributed by atoms with Gasteiger partial charge in [0.2, 0.25) is 0 Å². The molecule has 0 bridgehead atoms. The van der Waals surface area contributed by atoms with Crippen LogP contribution >= 0.6 is 11.8 Å². The van der Waals surface area contributed by atoms with E-state index in [0.29, 0.717) is 0 Å². The fourth-order valence-electron chi connectivity index (χ4n) is 2.16. The molecule has 0 saturated carbocycles. The van der Waals surface area contributed by atoms with Gasteiger partial charge in [-0.15, -0.1) is 6.58 Å². The first-order valence-corrected chi connectivity index (χ1v) is 8.05. The Bertz CT molecular complexity index is 391. The number of hydrogen-bond donors (Lipinski definition) is 1. The van der Waals surface area contributed by atoms with Gasteiger partial charge >= 0.3 is 0 Å². The van der Waals surface area contributed by atoms with Crippen molar-refractivity contribution in [2.45, 2.75) is 19.3 Å². The van der Waals surface area contributed by atoms with E-state index in [1.54, 1.807) is 6.33 Å². The molecule has 1 fully saturated rings. The number of piperidine rings is 1. The summed E-state index contributed by atoms with van der Waals surface area (Å²) in [5.74, 6) is 4.05. The third kappa shape index (κ3) is 4.74. The zero-order chi connectivity index (χ0) is 13.3. The van der Waals surface area contributed by atoms with E-state index in [0.717, 1.165) is 42.8 Å². The van der Waals surface area contributed by atoms with Gasteiger partial charge < -0.3 is 10.2 Å². The van der Waals surface area contributed by atoms with Crippen LogP contribution in [0.3, 0.4) is 0 Å². The Morgan fingerprint density at radius 3 is 2.95 bits per heavy atom. The lowest BCUT2D eigenvalue weighted by molar-refractivity contribution is 0.573. The van der Waals surface area contributed by atoms with E-state index in [9.17, 15) is 0 Å². The maximum Gasteiger partial charge on any atom is 0.134 e. The molecule has 0 radical (unpaired) electrons. The van der Waals surface area contributed by atoms with Crippen LogP contribution in [0.1, 0.15) is 19.3 Å². The van der Waals surface area contributed by atoms with E-state index >= 15 is 0 Å². The van der Waals surface area contributed by atoms with Gasteiger partial charge in [-0.1, -0.05) is 6.08 Å². The highest BCUT2D eigenvalue weighted by Gasteiger charge is 2.12. The molecule has 104 valence electrons. The van der Waals surface area contributed by atoms with Gasteiger partial charge in [0, 0.05) is 37.2 Å². The summed E-state index contributed by atoms with van der Waals surface area (Å²) in [6.45, 7) is 6.87. The van der Waals surface area contributed by atoms with Gasteiger partial charge in [-0.3, -0.25) is 0 Å². The number of nitrogens with zero attached hydrogens (tertiary/aromatic N) is 3. The Kier molecular flexibility index (Phi) is 6.01. The number of aromatic nitrogens is 2. The molecule has 2 heterocycles. The SMILES string of the molecule is C=CCSCCNc1cc(N2CCCCC2)ncn1. The Morgan fingerprint density at radius 2 is 2.16 bits per heavy atom. The molecule has 5 heteroatoms. The Labute approximate surface area is 119 Å². The zero-order valence-corrected chi connectivity index (χ0v) is 12.2. The molecule has 0 amide bonds. The number of rotatable bonds is 7. The molecular formula is C14H22N4S. The molecule has 4 nitrogen and oxygen atoms in total. The van der Waals surface area contributed by atoms with Gasteiger partial charge in [-0.2, -0.15) is 11.8 Å². The molecule has 0 aromatic carbocycles. The molecule has 2 rings (SSSR count). The average Bonchev–Trinajstić information content (AvgIpc) is 2.48. The van der Waals surface area contributed by atoms with Crippen LogP contribution in [0, 0.1) is 0 Å². The Morgan fingerprint density at radius 1 is 1.32 bits per heavy atom. The predicted octanol–water partition coefficient (Wildman–Crippen LogP) is 2.80. The van der Waals surface area contributed by atoms with Gasteiger partial charge in [0.15, 0.2) is 0 Å². The van der Waals surface area contributed by atoms with E-state index in [1.807, 2.05) is 17.8 Å². The molecule has 0 aliphatic carbocycles. The lowest BCUT2D eigenvalue weighted by Crippen LogP contribution is -2.30. The second-order valence-corrected chi connectivity index (χ2v) is 5.75. The summed E-state index contributed by atoms with van der Waals surface area (Å²) in [6, 6.07) is 2.06. The van der Waals surface area contributed by atoms with Gasteiger partial charge in [0.25, 0.3) is 0 Å². The molecule has 1 aromatic rings. The molecule has 1 aromatic heterocycles. The summed E-state index contributed by atoms with van der Waals surface area (Å²) in [5, 5.41) is 3.35. The monoisotopic (exact) mass is 278 g/mol. The highest BCUT2D eigenvalue weighted by Crippen LogP contribution is 2.19. The molecule has 0 unspecified atom stereocenters. The van der Waals surface area contributed by atoms with Crippen molar-refractivity contribution in [1.82, 2.24) is 9.97 Å². The van der Waals surface area contributed by atoms with Crippen LogP contribution in [0.4, 0.5) is 11.6 Å². The summed E-state index contributed by atoms with van der Waals surface area (Å²) in [7, 11) is 0. The predicted molar refractivity (Wildman–Crippen MR) is 84.1 cm³/mol. The van der Waals surface area contributed by atoms with Crippen molar-refractivity contribution in [3.8, 4) is 0 Å². The van der Waals surface area contributed by atoms with E-state index in [1.165, 1.54) is 19.3 Å². The van der Waals surface area contributed by atoms with Crippen LogP contribution in [0.15, 0.2) is 25.0 Å². The lowest BCUT2D eigenvalue weighted by atomic mass is 10.1. The standard InChI is InChI=1S/C14H22N4S/c1-2-9-19-10-6-15-13-11-14(17-12-16-13)18-7-4-3-5-8-18/h2,11-12H,1,3-10H2,(H,15,16,17). The normalized spacial score (nSPS) is 15.3. The maximum absolute atomic E-state index is 4.38. The van der Waals surface area contributed by atoms with Gasteiger partial charge in [-0.05, 0) is 19.3 Å². The van der Waals surface area contributed by atoms with Crippen molar-refractivity contribution in [2.75, 3.05) is 41.4 Å². The van der Waals surface area contributed by atoms with E-state index in [4.69, 9.17) is 0 Å². The third-order valence-electron chi connectivity index (χ3n) is 3.12. The molecular weight excluding hydrogens is 256 g/mol. The minimum Gasteiger partial charge on any atom is -0.369 e. The summed E-state index contributed by atoms with van der Waals surface area (Å²) < 4.78 is 0. The minimum absolute atomic E-state index is 0.926. The lowest BCUT2D eigenvalue weighted by Gasteiger charge is -2.27. The highest BCUT2D eigenvalue weighted by atomic mass is 32.2.